The Balaban J connectivity index is 1.53. The second-order valence-corrected chi connectivity index (χ2v) is 9.02. The van der Waals surface area contributed by atoms with E-state index in [9.17, 15) is 13.2 Å². The zero-order chi connectivity index (χ0) is 20.4. The number of fused-ring (bicyclic) bond motifs is 1. The molecule has 0 aliphatic carbocycles. The van der Waals surface area contributed by atoms with Crippen LogP contribution >= 0.6 is 11.6 Å². The maximum absolute atomic E-state index is 12.9. The lowest BCUT2D eigenvalue weighted by molar-refractivity contribution is 0.0989. The van der Waals surface area contributed by atoms with Crippen LogP contribution in [-0.2, 0) is 23.0 Å². The van der Waals surface area contributed by atoms with Crippen LogP contribution in [0.3, 0.4) is 0 Å². The third-order valence-corrected chi connectivity index (χ3v) is 6.57. The summed E-state index contributed by atoms with van der Waals surface area (Å²) in [5.74, 6) is -0.0950. The number of carbonyl (C=O) groups is 1. The Labute approximate surface area is 175 Å². The van der Waals surface area contributed by atoms with Crippen molar-refractivity contribution in [2.75, 3.05) is 11.4 Å². The van der Waals surface area contributed by atoms with Gasteiger partial charge < -0.3 is 4.90 Å². The highest BCUT2D eigenvalue weighted by Crippen LogP contribution is 2.30. The fourth-order valence-corrected chi connectivity index (χ4v) is 4.52. The molecule has 1 heterocycles. The summed E-state index contributed by atoms with van der Waals surface area (Å²) < 4.78 is 27.5. The third-order valence-electron chi connectivity index (χ3n) is 4.90. The van der Waals surface area contributed by atoms with Gasteiger partial charge in [0.05, 0.1) is 4.90 Å². The normalized spacial score (nSPS) is 13.3. The van der Waals surface area contributed by atoms with Gasteiger partial charge >= 0.3 is 0 Å². The lowest BCUT2D eigenvalue weighted by Crippen LogP contribution is -2.29. The summed E-state index contributed by atoms with van der Waals surface area (Å²) in [6, 6.07) is 20.8. The fourth-order valence-electron chi connectivity index (χ4n) is 3.36. The minimum Gasteiger partial charge on any atom is -0.308 e. The SMILES string of the molecule is O=C(c1ccc(Cl)cc1)N1CCc2ccc(CNS(=O)(=O)c3ccccc3)cc21. The number of nitrogens with zero attached hydrogens (tertiary/aromatic N) is 1. The van der Waals surface area contributed by atoms with Gasteiger partial charge in [-0.15, -0.1) is 0 Å². The molecule has 1 N–H and O–H groups in total. The highest BCUT2D eigenvalue weighted by atomic mass is 35.5. The highest BCUT2D eigenvalue weighted by molar-refractivity contribution is 7.89. The van der Waals surface area contributed by atoms with Crippen molar-refractivity contribution in [1.29, 1.82) is 0 Å². The molecule has 0 saturated carbocycles. The minimum atomic E-state index is -3.59. The number of nitrogens with one attached hydrogen (secondary N) is 1. The molecule has 0 unspecified atom stereocenters. The van der Waals surface area contributed by atoms with Crippen LogP contribution in [0.5, 0.6) is 0 Å². The van der Waals surface area contributed by atoms with Gasteiger partial charge in [-0.3, -0.25) is 4.79 Å². The largest absolute Gasteiger partial charge is 0.308 e. The molecule has 29 heavy (non-hydrogen) atoms. The molecule has 1 aliphatic rings. The smallest absolute Gasteiger partial charge is 0.258 e. The molecule has 0 bridgehead atoms. The van der Waals surface area contributed by atoms with Gasteiger partial charge in [-0.2, -0.15) is 0 Å². The number of amides is 1. The van der Waals surface area contributed by atoms with Gasteiger partial charge in [0, 0.05) is 29.4 Å². The van der Waals surface area contributed by atoms with Gasteiger partial charge in [0.15, 0.2) is 0 Å². The number of benzene rings is 3. The molecule has 0 aromatic heterocycles. The van der Waals surface area contributed by atoms with Gasteiger partial charge in [-0.05, 0) is 60.0 Å². The molecule has 0 fully saturated rings. The Morgan fingerprint density at radius 1 is 1.00 bits per heavy atom. The number of halogens is 1. The lowest BCUT2D eigenvalue weighted by Gasteiger charge is -2.18. The standard InChI is InChI=1S/C22H19ClN2O3S/c23-19-10-8-18(9-11-19)22(26)25-13-12-17-7-6-16(14-21(17)25)15-24-29(27,28)20-4-2-1-3-5-20/h1-11,14,24H,12-13,15H2. The summed E-state index contributed by atoms with van der Waals surface area (Å²) in [6.45, 7) is 0.740. The molecule has 3 aromatic rings. The first-order chi connectivity index (χ1) is 13.9. The van der Waals surface area contributed by atoms with Crippen LogP contribution in [-0.4, -0.2) is 20.9 Å². The molecule has 4 rings (SSSR count). The summed E-state index contributed by atoms with van der Waals surface area (Å²) in [6.07, 6.45) is 0.769. The summed E-state index contributed by atoms with van der Waals surface area (Å²) >= 11 is 5.91. The molecule has 3 aromatic carbocycles. The summed E-state index contributed by atoms with van der Waals surface area (Å²) in [4.78, 5) is 14.9. The van der Waals surface area contributed by atoms with E-state index in [0.717, 1.165) is 23.2 Å². The average molecular weight is 427 g/mol. The lowest BCUT2D eigenvalue weighted by atomic mass is 10.1. The van der Waals surface area contributed by atoms with Crippen molar-refractivity contribution in [2.45, 2.75) is 17.9 Å². The Morgan fingerprint density at radius 2 is 1.72 bits per heavy atom. The van der Waals surface area contributed by atoms with Crippen LogP contribution in [0.25, 0.3) is 0 Å². The predicted molar refractivity (Wildman–Crippen MR) is 114 cm³/mol. The highest BCUT2D eigenvalue weighted by Gasteiger charge is 2.26. The van der Waals surface area contributed by atoms with Crippen LogP contribution in [0.2, 0.25) is 5.02 Å². The molecule has 0 atom stereocenters. The Morgan fingerprint density at radius 3 is 2.45 bits per heavy atom. The molecule has 1 aliphatic heterocycles. The third kappa shape index (κ3) is 4.19. The van der Waals surface area contributed by atoms with Crippen molar-refractivity contribution in [3.8, 4) is 0 Å². The van der Waals surface area contributed by atoms with Crippen molar-refractivity contribution in [2.24, 2.45) is 0 Å². The molecular formula is C22H19ClN2O3S. The van der Waals surface area contributed by atoms with E-state index in [0.29, 0.717) is 17.1 Å². The molecule has 0 radical (unpaired) electrons. The summed E-state index contributed by atoms with van der Waals surface area (Å²) in [5.41, 5.74) is 3.25. The van der Waals surface area contributed by atoms with Crippen molar-refractivity contribution >= 4 is 33.2 Å². The van der Waals surface area contributed by atoms with Crippen LogP contribution in [0.4, 0.5) is 5.69 Å². The van der Waals surface area contributed by atoms with E-state index in [-0.39, 0.29) is 17.3 Å². The number of carbonyl (C=O) groups excluding carboxylic acids is 1. The first-order valence-electron chi connectivity index (χ1n) is 9.18. The zero-order valence-electron chi connectivity index (χ0n) is 15.5. The van der Waals surface area contributed by atoms with E-state index in [4.69, 9.17) is 11.6 Å². The summed E-state index contributed by atoms with van der Waals surface area (Å²) in [7, 11) is -3.59. The Hall–Kier alpha value is -2.67. The number of anilines is 1. The van der Waals surface area contributed by atoms with Crippen LogP contribution in [0.15, 0.2) is 77.7 Å². The molecule has 5 nitrogen and oxygen atoms in total. The van der Waals surface area contributed by atoms with Crippen molar-refractivity contribution < 1.29 is 13.2 Å². The fraction of sp³-hybridized carbons (Fsp3) is 0.136. The average Bonchev–Trinajstić information content (AvgIpc) is 3.16. The van der Waals surface area contributed by atoms with Gasteiger partial charge in [-0.25, -0.2) is 13.1 Å². The zero-order valence-corrected chi connectivity index (χ0v) is 17.1. The molecule has 148 valence electrons. The second kappa shape index (κ2) is 7.99. The van der Waals surface area contributed by atoms with Gasteiger partial charge in [0.25, 0.3) is 5.91 Å². The van der Waals surface area contributed by atoms with Crippen molar-refractivity contribution in [3.63, 3.8) is 0 Å². The second-order valence-electron chi connectivity index (χ2n) is 6.81. The van der Waals surface area contributed by atoms with E-state index in [1.54, 1.807) is 59.5 Å². The minimum absolute atomic E-state index is 0.0950. The maximum Gasteiger partial charge on any atom is 0.258 e. The summed E-state index contributed by atoms with van der Waals surface area (Å²) in [5, 5.41) is 0.580. The molecule has 1 amide bonds. The van der Waals surface area contributed by atoms with Crippen LogP contribution in [0, 0.1) is 0 Å². The van der Waals surface area contributed by atoms with Crippen molar-refractivity contribution in [1.82, 2.24) is 4.72 Å². The first-order valence-corrected chi connectivity index (χ1v) is 11.0. The Bertz CT molecular complexity index is 1150. The number of hydrogen-bond acceptors (Lipinski definition) is 3. The monoisotopic (exact) mass is 426 g/mol. The van der Waals surface area contributed by atoms with E-state index in [2.05, 4.69) is 4.72 Å². The van der Waals surface area contributed by atoms with E-state index < -0.39 is 10.0 Å². The molecular weight excluding hydrogens is 408 g/mol. The number of hydrogen-bond donors (Lipinski definition) is 1. The quantitative estimate of drug-likeness (QED) is 0.670. The maximum atomic E-state index is 12.9. The van der Waals surface area contributed by atoms with Gasteiger partial charge in [0.1, 0.15) is 0 Å². The van der Waals surface area contributed by atoms with E-state index in [1.165, 1.54) is 0 Å². The molecule has 0 spiro atoms. The number of rotatable bonds is 5. The molecule has 0 saturated heterocycles. The van der Waals surface area contributed by atoms with E-state index in [1.807, 2.05) is 18.2 Å². The van der Waals surface area contributed by atoms with Gasteiger partial charge in [0.2, 0.25) is 10.0 Å². The number of sulfonamides is 1. The van der Waals surface area contributed by atoms with Crippen LogP contribution < -0.4 is 9.62 Å². The Kier molecular flexibility index (Phi) is 5.41. The predicted octanol–water partition coefficient (Wildman–Crippen LogP) is 4.02. The van der Waals surface area contributed by atoms with Gasteiger partial charge in [-0.1, -0.05) is 41.9 Å². The molecule has 7 heteroatoms. The van der Waals surface area contributed by atoms with E-state index >= 15 is 0 Å². The topological polar surface area (TPSA) is 66.5 Å². The first kappa shape index (κ1) is 19.6. The van der Waals surface area contributed by atoms with Crippen molar-refractivity contribution in [3.05, 3.63) is 94.5 Å². The van der Waals surface area contributed by atoms with Crippen LogP contribution in [0.1, 0.15) is 21.5 Å².